The second kappa shape index (κ2) is 5.25. The zero-order chi connectivity index (χ0) is 15.7. The minimum absolute atomic E-state index is 0.113. The Morgan fingerprint density at radius 1 is 0.864 bits per heavy atom. The second-order valence-electron chi connectivity index (χ2n) is 4.42. The third-order valence-electron chi connectivity index (χ3n) is 2.85. The summed E-state index contributed by atoms with van der Waals surface area (Å²) in [5.41, 5.74) is 0.113. The van der Waals surface area contributed by atoms with Gasteiger partial charge in [0.2, 0.25) is 11.7 Å². The molecule has 1 heterocycles. The summed E-state index contributed by atoms with van der Waals surface area (Å²) in [4.78, 5) is 6.92. The topological polar surface area (TPSA) is 35.0 Å². The monoisotopic (exact) mass is 308 g/mol. The summed E-state index contributed by atoms with van der Waals surface area (Å²) < 4.78 is 56.8. The predicted octanol–water partition coefficient (Wildman–Crippen LogP) is 4.58. The van der Waals surface area contributed by atoms with Gasteiger partial charge in [-0.2, -0.15) is 18.2 Å². The van der Waals surface area contributed by atoms with Crippen LogP contribution < -0.4 is 4.74 Å². The molecule has 0 saturated carbocycles. The maximum absolute atomic E-state index is 12.9. The summed E-state index contributed by atoms with van der Waals surface area (Å²) in [5, 5.41) is 0.333. The van der Waals surface area contributed by atoms with Crippen LogP contribution in [-0.4, -0.2) is 9.97 Å². The molecule has 22 heavy (non-hydrogen) atoms. The van der Waals surface area contributed by atoms with E-state index in [4.69, 9.17) is 4.74 Å². The molecule has 1 aromatic heterocycles. The van der Waals surface area contributed by atoms with Crippen LogP contribution in [0.1, 0.15) is 5.82 Å². The van der Waals surface area contributed by atoms with Crippen molar-refractivity contribution in [3.63, 3.8) is 0 Å². The van der Waals surface area contributed by atoms with Gasteiger partial charge in [0, 0.05) is 0 Å². The zero-order valence-electron chi connectivity index (χ0n) is 10.9. The molecule has 0 unspecified atom stereocenters. The molecule has 2 aromatic carbocycles. The van der Waals surface area contributed by atoms with Crippen molar-refractivity contribution in [1.82, 2.24) is 9.97 Å². The summed E-state index contributed by atoms with van der Waals surface area (Å²) in [6.45, 7) is 0. The van der Waals surface area contributed by atoms with Gasteiger partial charge in [0.25, 0.3) is 0 Å². The predicted molar refractivity (Wildman–Crippen MR) is 71.0 cm³/mol. The number of hydrogen-bond acceptors (Lipinski definition) is 3. The molecule has 3 rings (SSSR count). The standard InChI is InChI=1S/C15H8F4N2O/c16-9-5-7-10(8-6-9)22-13-11-3-1-2-4-12(11)20-14(21-13)15(17,18)19/h1-8H. The molecule has 112 valence electrons. The quantitative estimate of drug-likeness (QED) is 0.650. The van der Waals surface area contributed by atoms with E-state index < -0.39 is 17.8 Å². The van der Waals surface area contributed by atoms with Gasteiger partial charge in [-0.15, -0.1) is 0 Å². The normalized spacial score (nSPS) is 11.6. The van der Waals surface area contributed by atoms with Gasteiger partial charge in [-0.1, -0.05) is 12.1 Å². The molecule has 0 aliphatic heterocycles. The molecular weight excluding hydrogens is 300 g/mol. The van der Waals surface area contributed by atoms with Gasteiger partial charge in [0.1, 0.15) is 11.6 Å². The molecule has 7 heteroatoms. The molecule has 0 aliphatic rings. The third-order valence-corrected chi connectivity index (χ3v) is 2.85. The average Bonchev–Trinajstić information content (AvgIpc) is 2.48. The van der Waals surface area contributed by atoms with Crippen molar-refractivity contribution < 1.29 is 22.3 Å². The highest BCUT2D eigenvalue weighted by molar-refractivity contribution is 5.83. The van der Waals surface area contributed by atoms with Gasteiger partial charge in [0.15, 0.2) is 0 Å². The number of aromatic nitrogens is 2. The minimum atomic E-state index is -4.69. The van der Waals surface area contributed by atoms with E-state index >= 15 is 0 Å². The second-order valence-corrected chi connectivity index (χ2v) is 4.42. The Labute approximate surface area is 122 Å². The van der Waals surface area contributed by atoms with Gasteiger partial charge < -0.3 is 4.74 Å². The summed E-state index contributed by atoms with van der Waals surface area (Å²) >= 11 is 0. The Balaban J connectivity index is 2.12. The summed E-state index contributed by atoms with van der Waals surface area (Å²) in [5.74, 6) is -1.82. The van der Waals surface area contributed by atoms with Crippen LogP contribution in [-0.2, 0) is 6.18 Å². The number of rotatable bonds is 2. The number of alkyl halides is 3. The van der Waals surface area contributed by atoms with Gasteiger partial charge in [-0.05, 0) is 36.4 Å². The van der Waals surface area contributed by atoms with Crippen molar-refractivity contribution in [1.29, 1.82) is 0 Å². The number of fused-ring (bicyclic) bond motifs is 1. The SMILES string of the molecule is Fc1ccc(Oc2nc(C(F)(F)F)nc3ccccc23)cc1. The van der Waals surface area contributed by atoms with Gasteiger partial charge in [-0.3, -0.25) is 0 Å². The highest BCUT2D eigenvalue weighted by Gasteiger charge is 2.35. The van der Waals surface area contributed by atoms with Crippen LogP contribution in [0.2, 0.25) is 0 Å². The van der Waals surface area contributed by atoms with Gasteiger partial charge >= 0.3 is 6.18 Å². The molecule has 0 N–H and O–H groups in total. The van der Waals surface area contributed by atoms with E-state index in [2.05, 4.69) is 9.97 Å². The number of ether oxygens (including phenoxy) is 1. The Morgan fingerprint density at radius 2 is 1.55 bits per heavy atom. The van der Waals surface area contributed by atoms with Crippen molar-refractivity contribution in [2.75, 3.05) is 0 Å². The molecule has 0 bridgehead atoms. The maximum atomic E-state index is 12.9. The molecule has 0 aliphatic carbocycles. The fraction of sp³-hybridized carbons (Fsp3) is 0.0667. The van der Waals surface area contributed by atoms with Crippen LogP contribution in [0.5, 0.6) is 11.6 Å². The zero-order valence-corrected chi connectivity index (χ0v) is 10.9. The Hall–Kier alpha value is -2.70. The van der Waals surface area contributed by atoms with E-state index in [0.29, 0.717) is 5.39 Å². The lowest BCUT2D eigenvalue weighted by molar-refractivity contribution is -0.144. The largest absolute Gasteiger partial charge is 0.451 e. The number of nitrogens with zero attached hydrogens (tertiary/aromatic N) is 2. The van der Waals surface area contributed by atoms with E-state index in [1.165, 1.54) is 18.2 Å². The summed E-state index contributed by atoms with van der Waals surface area (Å²) in [6.07, 6.45) is -4.69. The number of hydrogen-bond donors (Lipinski definition) is 0. The minimum Gasteiger partial charge on any atom is -0.438 e. The average molecular weight is 308 g/mol. The first kappa shape index (κ1) is 14.2. The summed E-state index contributed by atoms with van der Waals surface area (Å²) in [7, 11) is 0. The van der Waals surface area contributed by atoms with Crippen LogP contribution in [0.4, 0.5) is 17.6 Å². The van der Waals surface area contributed by atoms with Gasteiger partial charge in [-0.25, -0.2) is 9.37 Å². The molecular formula is C15H8F4N2O. The lowest BCUT2D eigenvalue weighted by atomic mass is 10.2. The third kappa shape index (κ3) is 2.83. The molecule has 0 amide bonds. The molecule has 3 aromatic rings. The molecule has 0 radical (unpaired) electrons. The Morgan fingerprint density at radius 3 is 2.23 bits per heavy atom. The Bertz CT molecular complexity index is 816. The van der Waals surface area contributed by atoms with Crippen molar-refractivity contribution in [2.24, 2.45) is 0 Å². The van der Waals surface area contributed by atoms with Gasteiger partial charge in [0.05, 0.1) is 10.9 Å². The maximum Gasteiger partial charge on any atom is 0.451 e. The smallest absolute Gasteiger partial charge is 0.438 e. The number of halogens is 4. The van der Waals surface area contributed by atoms with E-state index in [1.807, 2.05) is 0 Å². The summed E-state index contributed by atoms with van der Waals surface area (Å²) in [6, 6.07) is 11.1. The van der Waals surface area contributed by atoms with Crippen molar-refractivity contribution in [3.8, 4) is 11.6 Å². The first-order chi connectivity index (χ1) is 10.4. The highest BCUT2D eigenvalue weighted by Crippen LogP contribution is 2.33. The van der Waals surface area contributed by atoms with Crippen LogP contribution >= 0.6 is 0 Å². The van der Waals surface area contributed by atoms with Crippen LogP contribution in [0.25, 0.3) is 10.9 Å². The fourth-order valence-corrected chi connectivity index (χ4v) is 1.87. The number of para-hydroxylation sites is 1. The molecule has 0 saturated heterocycles. The van der Waals surface area contributed by atoms with Crippen LogP contribution in [0.3, 0.4) is 0 Å². The van der Waals surface area contributed by atoms with E-state index in [-0.39, 0.29) is 17.1 Å². The number of benzene rings is 2. The Kier molecular flexibility index (Phi) is 3.40. The van der Waals surface area contributed by atoms with E-state index in [1.54, 1.807) is 18.2 Å². The van der Waals surface area contributed by atoms with Crippen molar-refractivity contribution in [2.45, 2.75) is 6.18 Å². The van der Waals surface area contributed by atoms with E-state index in [0.717, 1.165) is 12.1 Å². The highest BCUT2D eigenvalue weighted by atomic mass is 19.4. The lowest BCUT2D eigenvalue weighted by Crippen LogP contribution is -2.11. The van der Waals surface area contributed by atoms with Crippen molar-refractivity contribution >= 4 is 10.9 Å². The molecule has 3 nitrogen and oxygen atoms in total. The molecule has 0 fully saturated rings. The molecule has 0 atom stereocenters. The first-order valence-electron chi connectivity index (χ1n) is 6.21. The van der Waals surface area contributed by atoms with Crippen LogP contribution in [0, 0.1) is 5.82 Å². The van der Waals surface area contributed by atoms with Crippen molar-refractivity contribution in [3.05, 3.63) is 60.2 Å². The lowest BCUT2D eigenvalue weighted by Gasteiger charge is -2.11. The molecule has 0 spiro atoms. The first-order valence-corrected chi connectivity index (χ1v) is 6.21. The fourth-order valence-electron chi connectivity index (χ4n) is 1.87. The van der Waals surface area contributed by atoms with Crippen LogP contribution in [0.15, 0.2) is 48.5 Å². The van der Waals surface area contributed by atoms with E-state index in [9.17, 15) is 17.6 Å².